The van der Waals surface area contributed by atoms with Gasteiger partial charge in [0.25, 0.3) is 0 Å². The molecule has 2 aromatic rings. The Hall–Kier alpha value is -2.08. The lowest BCUT2D eigenvalue weighted by Gasteiger charge is -2.34. The summed E-state index contributed by atoms with van der Waals surface area (Å²) in [6.07, 6.45) is 1.82. The minimum atomic E-state index is 0.0117. The van der Waals surface area contributed by atoms with Crippen LogP contribution in [0.25, 0.3) is 0 Å². The standard InChI is InChI=1S/C15H18N4OS/c20-14(17-12-13-4-2-1-3-5-13)18-7-9-19(10-8-18)15-16-6-11-21-15/h1-6,11H,7-10,12H2,(H,17,20). The fourth-order valence-corrected chi connectivity index (χ4v) is 3.06. The van der Waals surface area contributed by atoms with Crippen molar-refractivity contribution in [3.05, 3.63) is 47.5 Å². The van der Waals surface area contributed by atoms with Crippen LogP contribution in [0.2, 0.25) is 0 Å². The first-order valence-corrected chi connectivity index (χ1v) is 7.92. The summed E-state index contributed by atoms with van der Waals surface area (Å²) in [7, 11) is 0. The van der Waals surface area contributed by atoms with Crippen molar-refractivity contribution in [2.75, 3.05) is 31.1 Å². The van der Waals surface area contributed by atoms with Crippen LogP contribution in [-0.2, 0) is 6.54 Å². The molecule has 0 unspecified atom stereocenters. The Morgan fingerprint density at radius 1 is 1.19 bits per heavy atom. The van der Waals surface area contributed by atoms with E-state index in [4.69, 9.17) is 0 Å². The molecule has 6 heteroatoms. The van der Waals surface area contributed by atoms with Crippen LogP contribution in [-0.4, -0.2) is 42.1 Å². The van der Waals surface area contributed by atoms with Crippen LogP contribution in [0, 0.1) is 0 Å². The highest BCUT2D eigenvalue weighted by Gasteiger charge is 2.21. The Bertz CT molecular complexity index is 565. The van der Waals surface area contributed by atoms with E-state index < -0.39 is 0 Å². The van der Waals surface area contributed by atoms with Crippen LogP contribution in [0.4, 0.5) is 9.93 Å². The molecule has 2 amide bonds. The molecule has 0 bridgehead atoms. The maximum absolute atomic E-state index is 12.1. The molecule has 1 aliphatic heterocycles. The van der Waals surface area contributed by atoms with Crippen LogP contribution < -0.4 is 10.2 Å². The first-order valence-electron chi connectivity index (χ1n) is 7.04. The van der Waals surface area contributed by atoms with E-state index in [1.54, 1.807) is 11.3 Å². The maximum Gasteiger partial charge on any atom is 0.317 e. The Balaban J connectivity index is 1.47. The smallest absolute Gasteiger partial charge is 0.317 e. The molecule has 1 aliphatic rings. The van der Waals surface area contributed by atoms with Crippen molar-refractivity contribution in [1.29, 1.82) is 0 Å². The molecule has 1 N–H and O–H groups in total. The van der Waals surface area contributed by atoms with Crippen molar-refractivity contribution in [3.8, 4) is 0 Å². The topological polar surface area (TPSA) is 48.5 Å². The van der Waals surface area contributed by atoms with E-state index in [-0.39, 0.29) is 6.03 Å². The van der Waals surface area contributed by atoms with Gasteiger partial charge in [-0.3, -0.25) is 0 Å². The zero-order valence-electron chi connectivity index (χ0n) is 11.7. The van der Waals surface area contributed by atoms with E-state index in [0.717, 1.165) is 36.9 Å². The van der Waals surface area contributed by atoms with Crippen LogP contribution in [0.1, 0.15) is 5.56 Å². The third-order valence-corrected chi connectivity index (χ3v) is 4.38. The molecule has 5 nitrogen and oxygen atoms in total. The number of carbonyl (C=O) groups is 1. The zero-order chi connectivity index (χ0) is 14.5. The molecule has 0 aliphatic carbocycles. The summed E-state index contributed by atoms with van der Waals surface area (Å²) in [5.41, 5.74) is 1.12. The molecule has 1 aromatic heterocycles. The number of anilines is 1. The van der Waals surface area contributed by atoms with Gasteiger partial charge in [-0.25, -0.2) is 9.78 Å². The lowest BCUT2D eigenvalue weighted by atomic mass is 10.2. The number of benzene rings is 1. The van der Waals surface area contributed by atoms with Gasteiger partial charge in [-0.2, -0.15) is 0 Å². The third kappa shape index (κ3) is 3.52. The van der Waals surface area contributed by atoms with Crippen molar-refractivity contribution in [1.82, 2.24) is 15.2 Å². The van der Waals surface area contributed by atoms with Crippen LogP contribution >= 0.6 is 11.3 Å². The third-order valence-electron chi connectivity index (χ3n) is 3.54. The number of hydrogen-bond donors (Lipinski definition) is 1. The van der Waals surface area contributed by atoms with Gasteiger partial charge in [-0.05, 0) is 5.56 Å². The monoisotopic (exact) mass is 302 g/mol. The minimum Gasteiger partial charge on any atom is -0.345 e. The molecule has 2 heterocycles. The van der Waals surface area contributed by atoms with Gasteiger partial charge < -0.3 is 15.1 Å². The highest BCUT2D eigenvalue weighted by molar-refractivity contribution is 7.13. The number of urea groups is 1. The van der Waals surface area contributed by atoms with E-state index >= 15 is 0 Å². The number of nitrogens with zero attached hydrogens (tertiary/aromatic N) is 3. The average Bonchev–Trinajstić information content (AvgIpc) is 3.08. The van der Waals surface area contributed by atoms with E-state index in [1.165, 1.54) is 0 Å². The molecule has 110 valence electrons. The fourth-order valence-electron chi connectivity index (χ4n) is 2.36. The van der Waals surface area contributed by atoms with Crippen LogP contribution in [0.15, 0.2) is 41.9 Å². The van der Waals surface area contributed by atoms with Crippen molar-refractivity contribution >= 4 is 22.5 Å². The van der Waals surface area contributed by atoms with Gasteiger partial charge in [-0.15, -0.1) is 11.3 Å². The van der Waals surface area contributed by atoms with Crippen molar-refractivity contribution in [2.45, 2.75) is 6.54 Å². The second kappa shape index (κ2) is 6.58. The number of hydrogen-bond acceptors (Lipinski definition) is 4. The summed E-state index contributed by atoms with van der Waals surface area (Å²) >= 11 is 1.64. The first kappa shape index (κ1) is 13.9. The summed E-state index contributed by atoms with van der Waals surface area (Å²) in [6, 6.07) is 9.98. The number of rotatable bonds is 3. The molecular weight excluding hydrogens is 284 g/mol. The number of carbonyl (C=O) groups excluding carboxylic acids is 1. The summed E-state index contributed by atoms with van der Waals surface area (Å²) < 4.78 is 0. The number of thiazole rings is 1. The van der Waals surface area contributed by atoms with Gasteiger partial charge in [0.1, 0.15) is 0 Å². The van der Waals surface area contributed by atoms with Gasteiger partial charge in [-0.1, -0.05) is 30.3 Å². The predicted octanol–water partition coefficient (Wildman–Crippen LogP) is 2.17. The van der Waals surface area contributed by atoms with Gasteiger partial charge in [0.15, 0.2) is 5.13 Å². The average molecular weight is 302 g/mol. The molecule has 0 saturated carbocycles. The molecule has 21 heavy (non-hydrogen) atoms. The second-order valence-electron chi connectivity index (χ2n) is 4.93. The summed E-state index contributed by atoms with van der Waals surface area (Å²) in [4.78, 5) is 20.6. The molecule has 0 spiro atoms. The fraction of sp³-hybridized carbons (Fsp3) is 0.333. The second-order valence-corrected chi connectivity index (χ2v) is 5.81. The maximum atomic E-state index is 12.1. The highest BCUT2D eigenvalue weighted by Crippen LogP contribution is 2.18. The minimum absolute atomic E-state index is 0.0117. The molecule has 1 saturated heterocycles. The van der Waals surface area contributed by atoms with Gasteiger partial charge in [0.05, 0.1) is 0 Å². The number of piperazine rings is 1. The predicted molar refractivity (Wildman–Crippen MR) is 84.6 cm³/mol. The van der Waals surface area contributed by atoms with Crippen LogP contribution in [0.5, 0.6) is 0 Å². The molecule has 1 fully saturated rings. The van der Waals surface area contributed by atoms with Crippen molar-refractivity contribution in [2.24, 2.45) is 0 Å². The number of aromatic nitrogens is 1. The van der Waals surface area contributed by atoms with E-state index in [0.29, 0.717) is 6.54 Å². The summed E-state index contributed by atoms with van der Waals surface area (Å²) in [6.45, 7) is 3.73. The summed E-state index contributed by atoms with van der Waals surface area (Å²) in [5.74, 6) is 0. The zero-order valence-corrected chi connectivity index (χ0v) is 12.6. The molecule has 1 aromatic carbocycles. The largest absolute Gasteiger partial charge is 0.345 e. The summed E-state index contributed by atoms with van der Waals surface area (Å²) in [5, 5.41) is 6.00. The Morgan fingerprint density at radius 2 is 1.95 bits per heavy atom. The quantitative estimate of drug-likeness (QED) is 0.945. The van der Waals surface area contributed by atoms with Gasteiger partial charge in [0, 0.05) is 44.3 Å². The van der Waals surface area contributed by atoms with Crippen molar-refractivity contribution < 1.29 is 4.79 Å². The first-order chi connectivity index (χ1) is 10.3. The Kier molecular flexibility index (Phi) is 4.35. The normalized spacial score (nSPS) is 15.0. The van der Waals surface area contributed by atoms with Crippen LogP contribution in [0.3, 0.4) is 0 Å². The van der Waals surface area contributed by atoms with E-state index in [2.05, 4.69) is 15.2 Å². The molecule has 0 atom stereocenters. The Morgan fingerprint density at radius 3 is 2.62 bits per heavy atom. The lowest BCUT2D eigenvalue weighted by Crippen LogP contribution is -2.51. The molecule has 0 radical (unpaired) electrons. The highest BCUT2D eigenvalue weighted by atomic mass is 32.1. The lowest BCUT2D eigenvalue weighted by molar-refractivity contribution is 0.194. The van der Waals surface area contributed by atoms with Gasteiger partial charge in [0.2, 0.25) is 0 Å². The molecular formula is C15H18N4OS. The number of amides is 2. The molecule has 3 rings (SSSR count). The number of nitrogens with one attached hydrogen (secondary N) is 1. The SMILES string of the molecule is O=C(NCc1ccccc1)N1CCN(c2nccs2)CC1. The van der Waals surface area contributed by atoms with E-state index in [9.17, 15) is 4.79 Å². The van der Waals surface area contributed by atoms with Gasteiger partial charge >= 0.3 is 6.03 Å². The van der Waals surface area contributed by atoms with Crippen molar-refractivity contribution in [3.63, 3.8) is 0 Å². The Labute approximate surface area is 128 Å². The van der Waals surface area contributed by atoms with E-state index in [1.807, 2.05) is 46.8 Å².